The Morgan fingerprint density at radius 1 is 1.12 bits per heavy atom. The minimum Gasteiger partial charge on any atom is -0.492 e. The average Bonchev–Trinajstić information content (AvgIpc) is 3.19. The van der Waals surface area contributed by atoms with Crippen molar-refractivity contribution in [2.45, 2.75) is 24.7 Å². The molecule has 170 valence electrons. The molecule has 1 N–H and O–H groups in total. The van der Waals surface area contributed by atoms with Crippen LogP contribution >= 0.6 is 23.1 Å². The third-order valence-electron chi connectivity index (χ3n) is 4.27. The van der Waals surface area contributed by atoms with Crippen LogP contribution in [0.2, 0.25) is 0 Å². The van der Waals surface area contributed by atoms with Crippen LogP contribution in [0.25, 0.3) is 0 Å². The number of carbonyl (C=O) groups is 1. The summed E-state index contributed by atoms with van der Waals surface area (Å²) in [6.07, 6.45) is 1.16. The molecular formula is C21H24N4O4S3. The molecule has 0 fully saturated rings. The molecular weight excluding hydrogens is 468 g/mol. The van der Waals surface area contributed by atoms with Crippen LogP contribution in [0.1, 0.15) is 29.8 Å². The molecule has 0 radical (unpaired) electrons. The van der Waals surface area contributed by atoms with Gasteiger partial charge in [-0.05, 0) is 42.5 Å². The number of anilines is 2. The van der Waals surface area contributed by atoms with Gasteiger partial charge in [-0.3, -0.25) is 14.4 Å². The molecule has 0 spiro atoms. The van der Waals surface area contributed by atoms with Gasteiger partial charge in [-0.25, -0.2) is 8.42 Å². The van der Waals surface area contributed by atoms with Crippen LogP contribution in [0, 0.1) is 0 Å². The number of amides is 1. The van der Waals surface area contributed by atoms with Gasteiger partial charge < -0.3 is 4.74 Å². The van der Waals surface area contributed by atoms with Crippen LogP contribution in [0.4, 0.5) is 10.8 Å². The lowest BCUT2D eigenvalue weighted by molar-refractivity contribution is 0.102. The average molecular weight is 493 g/mol. The van der Waals surface area contributed by atoms with Crippen LogP contribution in [0.3, 0.4) is 0 Å². The largest absolute Gasteiger partial charge is 0.492 e. The van der Waals surface area contributed by atoms with Crippen LogP contribution < -0.4 is 14.4 Å². The zero-order valence-corrected chi connectivity index (χ0v) is 20.4. The van der Waals surface area contributed by atoms with Gasteiger partial charge in [-0.15, -0.1) is 10.2 Å². The molecule has 3 rings (SSSR count). The second-order valence-corrected chi connectivity index (χ2v) is 11.0. The van der Waals surface area contributed by atoms with E-state index >= 15 is 0 Å². The summed E-state index contributed by atoms with van der Waals surface area (Å²) < 4.78 is 32.7. The first kappa shape index (κ1) is 24.0. The molecule has 0 aliphatic carbocycles. The van der Waals surface area contributed by atoms with E-state index in [1.165, 1.54) is 15.6 Å². The molecule has 0 unspecified atom stereocenters. The van der Waals surface area contributed by atoms with E-state index in [0.29, 0.717) is 28.7 Å². The normalized spacial score (nSPS) is 11.2. The number of sulfonamides is 1. The standard InChI is InChI=1S/C21H24N4O4S3/c1-4-29-18-9-7-6-8-17(18)25(32(3,27)28)14-15-10-12-16(13-11-15)19(26)22-20-23-24-21(31-20)30-5-2/h6-13H,4-5,14H2,1-3H3,(H,22,23,26). The van der Waals surface area contributed by atoms with Gasteiger partial charge in [0, 0.05) is 5.56 Å². The first-order chi connectivity index (χ1) is 15.3. The Morgan fingerprint density at radius 2 is 1.84 bits per heavy atom. The summed E-state index contributed by atoms with van der Waals surface area (Å²) in [6.45, 7) is 4.40. The zero-order valence-electron chi connectivity index (χ0n) is 17.9. The molecule has 1 heterocycles. The topological polar surface area (TPSA) is 101 Å². The molecule has 11 heteroatoms. The molecule has 0 saturated heterocycles. The molecule has 2 aromatic carbocycles. The highest BCUT2D eigenvalue weighted by Crippen LogP contribution is 2.31. The molecule has 8 nitrogen and oxygen atoms in total. The fourth-order valence-corrected chi connectivity index (χ4v) is 5.40. The van der Waals surface area contributed by atoms with Gasteiger partial charge >= 0.3 is 0 Å². The van der Waals surface area contributed by atoms with E-state index in [4.69, 9.17) is 4.74 Å². The van der Waals surface area contributed by atoms with Gasteiger partial charge in [0.2, 0.25) is 15.2 Å². The quantitative estimate of drug-likeness (QED) is 0.333. The maximum absolute atomic E-state index is 12.5. The molecule has 0 atom stereocenters. The Labute approximate surface area is 196 Å². The Balaban J connectivity index is 1.76. The summed E-state index contributed by atoms with van der Waals surface area (Å²) in [5.74, 6) is 1.07. The van der Waals surface area contributed by atoms with Crippen LogP contribution in [0.5, 0.6) is 5.75 Å². The number of hydrogen-bond donors (Lipinski definition) is 1. The van der Waals surface area contributed by atoms with Crippen molar-refractivity contribution in [1.82, 2.24) is 10.2 Å². The van der Waals surface area contributed by atoms with Crippen molar-refractivity contribution in [3.8, 4) is 5.75 Å². The monoisotopic (exact) mass is 492 g/mol. The fourth-order valence-electron chi connectivity index (χ4n) is 2.86. The number of aromatic nitrogens is 2. The maximum atomic E-state index is 12.5. The third-order valence-corrected chi connectivity index (χ3v) is 7.25. The SMILES string of the molecule is CCOc1ccccc1N(Cc1ccc(C(=O)Nc2nnc(SCC)s2)cc1)S(C)(=O)=O. The molecule has 1 amide bonds. The van der Waals surface area contributed by atoms with E-state index in [2.05, 4.69) is 15.5 Å². The lowest BCUT2D eigenvalue weighted by atomic mass is 10.1. The Kier molecular flexibility index (Phi) is 8.10. The molecule has 1 aromatic heterocycles. The Hall–Kier alpha value is -2.63. The number of rotatable bonds is 10. The zero-order chi connectivity index (χ0) is 23.1. The number of para-hydroxylation sites is 2. The van der Waals surface area contributed by atoms with E-state index < -0.39 is 10.0 Å². The van der Waals surface area contributed by atoms with Crippen LogP contribution in [0.15, 0.2) is 52.9 Å². The van der Waals surface area contributed by atoms with E-state index in [1.54, 1.807) is 60.3 Å². The van der Waals surface area contributed by atoms with Crippen LogP contribution in [-0.2, 0) is 16.6 Å². The lowest BCUT2D eigenvalue weighted by Gasteiger charge is -2.24. The molecule has 32 heavy (non-hydrogen) atoms. The molecule has 0 saturated carbocycles. The van der Waals surface area contributed by atoms with Crippen molar-refractivity contribution in [1.29, 1.82) is 0 Å². The molecule has 0 bridgehead atoms. The summed E-state index contributed by atoms with van der Waals surface area (Å²) >= 11 is 2.88. The predicted octanol–water partition coefficient (Wildman–Crippen LogP) is 4.27. The first-order valence-corrected chi connectivity index (χ1v) is 13.5. The lowest BCUT2D eigenvalue weighted by Crippen LogP contribution is -2.29. The maximum Gasteiger partial charge on any atom is 0.257 e. The summed E-state index contributed by atoms with van der Waals surface area (Å²) in [7, 11) is -3.57. The van der Waals surface area contributed by atoms with Crippen molar-refractivity contribution in [3.63, 3.8) is 0 Å². The van der Waals surface area contributed by atoms with E-state index in [9.17, 15) is 13.2 Å². The molecule has 0 aliphatic heterocycles. The minimum absolute atomic E-state index is 0.110. The second-order valence-electron chi connectivity index (χ2n) is 6.63. The number of nitrogens with one attached hydrogen (secondary N) is 1. The van der Waals surface area contributed by atoms with Crippen molar-refractivity contribution in [3.05, 3.63) is 59.7 Å². The number of thioether (sulfide) groups is 1. The van der Waals surface area contributed by atoms with Crippen LogP contribution in [-0.4, -0.2) is 43.1 Å². The smallest absolute Gasteiger partial charge is 0.257 e. The fraction of sp³-hybridized carbons (Fsp3) is 0.286. The number of nitrogens with zero attached hydrogens (tertiary/aromatic N) is 3. The highest BCUT2D eigenvalue weighted by Gasteiger charge is 2.21. The van der Waals surface area contributed by atoms with Crippen molar-refractivity contribution >= 4 is 49.8 Å². The van der Waals surface area contributed by atoms with Gasteiger partial charge in [-0.1, -0.05) is 54.3 Å². The highest BCUT2D eigenvalue weighted by molar-refractivity contribution is 8.01. The van der Waals surface area contributed by atoms with Gasteiger partial charge in [0.1, 0.15) is 5.75 Å². The number of carbonyl (C=O) groups excluding carboxylic acids is 1. The highest BCUT2D eigenvalue weighted by atomic mass is 32.2. The van der Waals surface area contributed by atoms with E-state index in [0.717, 1.165) is 21.9 Å². The predicted molar refractivity (Wildman–Crippen MR) is 129 cm³/mol. The Bertz CT molecular complexity index is 1160. The van der Waals surface area contributed by atoms with Gasteiger partial charge in [-0.2, -0.15) is 0 Å². The summed E-state index contributed by atoms with van der Waals surface area (Å²) in [6, 6.07) is 13.8. The van der Waals surface area contributed by atoms with E-state index in [1.807, 2.05) is 13.8 Å². The van der Waals surface area contributed by atoms with Gasteiger partial charge in [0.15, 0.2) is 4.34 Å². The molecule has 0 aliphatic rings. The second kappa shape index (κ2) is 10.8. The van der Waals surface area contributed by atoms with Crippen molar-refractivity contribution in [2.24, 2.45) is 0 Å². The summed E-state index contributed by atoms with van der Waals surface area (Å²) in [5, 5.41) is 11.2. The van der Waals surface area contributed by atoms with Gasteiger partial charge in [0.05, 0.1) is 25.1 Å². The summed E-state index contributed by atoms with van der Waals surface area (Å²) in [4.78, 5) is 12.5. The van der Waals surface area contributed by atoms with Gasteiger partial charge in [0.25, 0.3) is 5.91 Å². The van der Waals surface area contributed by atoms with Crippen molar-refractivity contribution < 1.29 is 17.9 Å². The third kappa shape index (κ3) is 6.21. The van der Waals surface area contributed by atoms with E-state index in [-0.39, 0.29) is 12.5 Å². The first-order valence-electron chi connectivity index (χ1n) is 9.88. The minimum atomic E-state index is -3.57. The Morgan fingerprint density at radius 3 is 2.50 bits per heavy atom. The summed E-state index contributed by atoms with van der Waals surface area (Å²) in [5.41, 5.74) is 1.64. The number of ether oxygens (including phenoxy) is 1. The van der Waals surface area contributed by atoms with Crippen molar-refractivity contribution in [2.75, 3.05) is 28.2 Å². The number of benzene rings is 2. The number of hydrogen-bond acceptors (Lipinski definition) is 8. The molecule has 3 aromatic rings.